The maximum absolute atomic E-state index is 12.7. The van der Waals surface area contributed by atoms with Gasteiger partial charge in [0.2, 0.25) is 10.0 Å². The third-order valence-electron chi connectivity index (χ3n) is 4.14. The van der Waals surface area contributed by atoms with Crippen LogP contribution in [0.15, 0.2) is 29.2 Å². The van der Waals surface area contributed by atoms with E-state index in [1.165, 1.54) is 28.6 Å². The summed E-state index contributed by atoms with van der Waals surface area (Å²) in [6, 6.07) is 4.87. The van der Waals surface area contributed by atoms with Gasteiger partial charge in [0.15, 0.2) is 6.61 Å². The minimum atomic E-state index is -4.44. The van der Waals surface area contributed by atoms with E-state index in [9.17, 15) is 21.6 Å². The first-order valence-electron chi connectivity index (χ1n) is 7.47. The number of halogens is 4. The summed E-state index contributed by atoms with van der Waals surface area (Å²) in [5.74, 6) is -0.0349. The summed E-state index contributed by atoms with van der Waals surface area (Å²) in [5.41, 5.74) is 5.67. The molecule has 25 heavy (non-hydrogen) atoms. The lowest BCUT2D eigenvalue weighted by Gasteiger charge is -2.41. The predicted molar refractivity (Wildman–Crippen MR) is 90.4 cm³/mol. The summed E-state index contributed by atoms with van der Waals surface area (Å²) < 4.78 is 67.7. The quantitative estimate of drug-likeness (QED) is 0.840. The van der Waals surface area contributed by atoms with Gasteiger partial charge >= 0.3 is 6.18 Å². The molecule has 1 heterocycles. The number of hydrogen-bond donors (Lipinski definition) is 1. The fraction of sp³-hybridized carbons (Fsp3) is 0.600. The summed E-state index contributed by atoms with van der Waals surface area (Å²) in [4.78, 5) is 0.0214. The first kappa shape index (κ1) is 22.0. The van der Waals surface area contributed by atoms with E-state index in [4.69, 9.17) is 5.73 Å². The average Bonchev–Trinajstić information content (AvgIpc) is 2.47. The Morgan fingerprint density at radius 1 is 1.28 bits per heavy atom. The summed E-state index contributed by atoms with van der Waals surface area (Å²) in [5, 5.41) is 0. The van der Waals surface area contributed by atoms with Crippen molar-refractivity contribution in [2.75, 3.05) is 19.7 Å². The predicted octanol–water partition coefficient (Wildman–Crippen LogP) is 2.80. The van der Waals surface area contributed by atoms with Crippen molar-refractivity contribution in [3.8, 4) is 5.75 Å². The minimum Gasteiger partial charge on any atom is -0.484 e. The van der Waals surface area contributed by atoms with Crippen LogP contribution in [0.4, 0.5) is 13.2 Å². The highest BCUT2D eigenvalue weighted by Gasteiger charge is 2.38. The standard InChI is InChI=1S/C15H21F3N2O3S.ClH/c1-14(2)9-20(8-7-13(14)19)24(21,22)12-5-3-11(4-6-12)23-10-15(16,17)18;/h3-6,13H,7-10,19H2,1-2H3;1H. The molecule has 0 bridgehead atoms. The maximum atomic E-state index is 12.7. The third-order valence-corrected chi connectivity index (χ3v) is 6.00. The van der Waals surface area contributed by atoms with E-state index >= 15 is 0 Å². The highest BCUT2D eigenvalue weighted by atomic mass is 35.5. The van der Waals surface area contributed by atoms with Gasteiger partial charge in [0, 0.05) is 19.1 Å². The van der Waals surface area contributed by atoms with Crippen LogP contribution < -0.4 is 10.5 Å². The molecule has 1 saturated heterocycles. The highest BCUT2D eigenvalue weighted by Crippen LogP contribution is 2.31. The van der Waals surface area contributed by atoms with Crippen molar-refractivity contribution in [2.45, 2.75) is 37.4 Å². The molecule has 2 rings (SSSR count). The highest BCUT2D eigenvalue weighted by molar-refractivity contribution is 7.89. The summed E-state index contributed by atoms with van der Waals surface area (Å²) >= 11 is 0. The molecular formula is C15H22ClF3N2O3S. The van der Waals surface area contributed by atoms with E-state index in [-0.39, 0.29) is 34.5 Å². The molecule has 0 radical (unpaired) electrons. The van der Waals surface area contributed by atoms with Gasteiger partial charge in [-0.1, -0.05) is 13.8 Å². The number of nitrogens with zero attached hydrogens (tertiary/aromatic N) is 1. The van der Waals surface area contributed by atoms with Crippen LogP contribution in [0.25, 0.3) is 0 Å². The van der Waals surface area contributed by atoms with Crippen molar-refractivity contribution in [3.05, 3.63) is 24.3 Å². The number of rotatable bonds is 4. The molecule has 0 amide bonds. The molecule has 144 valence electrons. The molecule has 1 unspecified atom stereocenters. The molecule has 10 heteroatoms. The molecule has 0 aliphatic carbocycles. The van der Waals surface area contributed by atoms with Gasteiger partial charge in [0.05, 0.1) is 4.90 Å². The Morgan fingerprint density at radius 2 is 1.84 bits per heavy atom. The van der Waals surface area contributed by atoms with Crippen LogP contribution in [0, 0.1) is 5.41 Å². The van der Waals surface area contributed by atoms with Gasteiger partial charge in [0.1, 0.15) is 5.75 Å². The van der Waals surface area contributed by atoms with E-state index in [0.29, 0.717) is 19.5 Å². The normalized spacial score (nSPS) is 21.4. The van der Waals surface area contributed by atoms with Gasteiger partial charge in [-0.15, -0.1) is 12.4 Å². The molecule has 0 spiro atoms. The number of piperidine rings is 1. The van der Waals surface area contributed by atoms with Crippen molar-refractivity contribution < 1.29 is 26.3 Å². The van der Waals surface area contributed by atoms with Crippen LogP contribution in [0.1, 0.15) is 20.3 Å². The molecule has 1 aromatic carbocycles. The molecule has 0 aromatic heterocycles. The molecule has 1 aliphatic heterocycles. The Hall–Kier alpha value is -1.03. The van der Waals surface area contributed by atoms with Crippen LogP contribution >= 0.6 is 12.4 Å². The van der Waals surface area contributed by atoms with Crippen molar-refractivity contribution in [1.29, 1.82) is 0 Å². The Bertz CT molecular complexity index is 678. The van der Waals surface area contributed by atoms with Crippen LogP contribution in [-0.2, 0) is 10.0 Å². The Kier molecular flexibility index (Phi) is 6.77. The second kappa shape index (κ2) is 7.69. The lowest BCUT2D eigenvalue weighted by Crippen LogP contribution is -2.53. The second-order valence-corrected chi connectivity index (χ2v) is 8.54. The Labute approximate surface area is 151 Å². The van der Waals surface area contributed by atoms with Crippen LogP contribution in [0.2, 0.25) is 0 Å². The van der Waals surface area contributed by atoms with Gasteiger partial charge in [-0.2, -0.15) is 17.5 Å². The zero-order valence-electron chi connectivity index (χ0n) is 13.9. The SMILES string of the molecule is CC1(C)CN(S(=O)(=O)c2ccc(OCC(F)(F)F)cc2)CCC1N.Cl. The minimum absolute atomic E-state index is 0. The number of sulfonamides is 1. The lowest BCUT2D eigenvalue weighted by molar-refractivity contribution is -0.153. The number of nitrogens with two attached hydrogens (primary N) is 1. The van der Waals surface area contributed by atoms with Crippen molar-refractivity contribution in [1.82, 2.24) is 4.31 Å². The molecule has 2 N–H and O–H groups in total. The Morgan fingerprint density at radius 3 is 2.32 bits per heavy atom. The maximum Gasteiger partial charge on any atom is 0.422 e. The van der Waals surface area contributed by atoms with E-state index in [1.54, 1.807) is 0 Å². The molecule has 1 aliphatic rings. The first-order chi connectivity index (χ1) is 10.9. The summed E-state index contributed by atoms with van der Waals surface area (Å²) in [6.07, 6.45) is -3.89. The number of benzene rings is 1. The number of hydrogen-bond acceptors (Lipinski definition) is 4. The van der Waals surface area contributed by atoms with Crippen molar-refractivity contribution >= 4 is 22.4 Å². The number of alkyl halides is 3. The summed E-state index contributed by atoms with van der Waals surface area (Å²) in [6.45, 7) is 3.01. The summed E-state index contributed by atoms with van der Waals surface area (Å²) in [7, 11) is -3.72. The Balaban J connectivity index is 0.00000312. The lowest BCUT2D eigenvalue weighted by atomic mass is 9.81. The third kappa shape index (κ3) is 5.47. The van der Waals surface area contributed by atoms with E-state index in [1.807, 2.05) is 13.8 Å². The van der Waals surface area contributed by atoms with Crippen molar-refractivity contribution in [3.63, 3.8) is 0 Å². The topological polar surface area (TPSA) is 72.6 Å². The van der Waals surface area contributed by atoms with Gasteiger partial charge in [0.25, 0.3) is 0 Å². The van der Waals surface area contributed by atoms with Crippen LogP contribution in [0.3, 0.4) is 0 Å². The number of ether oxygens (including phenoxy) is 1. The molecule has 1 fully saturated rings. The van der Waals surface area contributed by atoms with Gasteiger partial charge in [-0.25, -0.2) is 8.42 Å². The molecule has 0 saturated carbocycles. The first-order valence-corrected chi connectivity index (χ1v) is 8.91. The van der Waals surface area contributed by atoms with Gasteiger partial charge in [-0.3, -0.25) is 0 Å². The fourth-order valence-electron chi connectivity index (χ4n) is 2.55. The van der Waals surface area contributed by atoms with E-state index in [0.717, 1.165) is 0 Å². The largest absolute Gasteiger partial charge is 0.484 e. The molecule has 1 atom stereocenters. The van der Waals surface area contributed by atoms with Gasteiger partial charge < -0.3 is 10.5 Å². The van der Waals surface area contributed by atoms with Gasteiger partial charge in [-0.05, 0) is 36.1 Å². The average molecular weight is 403 g/mol. The van der Waals surface area contributed by atoms with E-state index in [2.05, 4.69) is 4.74 Å². The van der Waals surface area contributed by atoms with E-state index < -0.39 is 22.8 Å². The zero-order chi connectivity index (χ0) is 18.2. The second-order valence-electron chi connectivity index (χ2n) is 6.60. The monoisotopic (exact) mass is 402 g/mol. The van der Waals surface area contributed by atoms with Crippen LogP contribution in [0.5, 0.6) is 5.75 Å². The molecule has 5 nitrogen and oxygen atoms in total. The zero-order valence-corrected chi connectivity index (χ0v) is 15.5. The van der Waals surface area contributed by atoms with Crippen LogP contribution in [-0.4, -0.2) is 44.6 Å². The van der Waals surface area contributed by atoms with Crippen molar-refractivity contribution in [2.24, 2.45) is 11.1 Å². The molecular weight excluding hydrogens is 381 g/mol. The smallest absolute Gasteiger partial charge is 0.422 e. The fourth-order valence-corrected chi connectivity index (χ4v) is 4.18. The molecule has 1 aromatic rings.